The minimum absolute atomic E-state index is 0.834. The summed E-state index contributed by atoms with van der Waals surface area (Å²) in [7, 11) is 1.99. The van der Waals surface area contributed by atoms with E-state index >= 15 is 0 Å². The van der Waals surface area contributed by atoms with Crippen molar-refractivity contribution in [2.45, 2.75) is 6.92 Å². The van der Waals surface area contributed by atoms with Gasteiger partial charge in [0.2, 0.25) is 0 Å². The molecule has 8 nitrogen and oxygen atoms in total. The minimum atomic E-state index is 0.834. The van der Waals surface area contributed by atoms with Gasteiger partial charge in [-0.05, 0) is 31.2 Å². The molecule has 0 unspecified atom stereocenters. The Morgan fingerprint density at radius 1 is 0.871 bits per heavy atom. The van der Waals surface area contributed by atoms with Crippen LogP contribution in [0.3, 0.4) is 0 Å². The highest BCUT2D eigenvalue weighted by Gasteiger charge is 2.16. The van der Waals surface area contributed by atoms with Crippen molar-refractivity contribution in [3.8, 4) is 34.0 Å². The maximum Gasteiger partial charge on any atom is 0.116 e. The van der Waals surface area contributed by atoms with Crippen LogP contribution in [0.15, 0.2) is 61.3 Å². The number of fused-ring (bicyclic) bond motifs is 2. The van der Waals surface area contributed by atoms with E-state index in [-0.39, 0.29) is 0 Å². The summed E-state index contributed by atoms with van der Waals surface area (Å²) >= 11 is 0. The van der Waals surface area contributed by atoms with E-state index in [1.165, 1.54) is 0 Å². The van der Waals surface area contributed by atoms with Gasteiger partial charge in [-0.2, -0.15) is 5.10 Å². The van der Waals surface area contributed by atoms with Crippen molar-refractivity contribution in [1.29, 1.82) is 0 Å². The maximum absolute atomic E-state index is 4.59. The number of H-pyrrole nitrogens is 2. The zero-order chi connectivity index (χ0) is 20.9. The van der Waals surface area contributed by atoms with Crippen molar-refractivity contribution in [2.75, 3.05) is 0 Å². The zero-order valence-electron chi connectivity index (χ0n) is 17.0. The monoisotopic (exact) mass is 406 g/mol. The van der Waals surface area contributed by atoms with Gasteiger partial charge < -0.3 is 9.55 Å². The van der Waals surface area contributed by atoms with E-state index in [0.717, 1.165) is 61.7 Å². The van der Waals surface area contributed by atoms with Crippen LogP contribution < -0.4 is 0 Å². The summed E-state index contributed by atoms with van der Waals surface area (Å²) in [6.45, 7) is 1.98. The molecule has 0 saturated heterocycles. The molecule has 0 atom stereocenters. The maximum atomic E-state index is 4.59. The summed E-state index contributed by atoms with van der Waals surface area (Å²) in [5.74, 6) is 0.939. The van der Waals surface area contributed by atoms with E-state index in [4.69, 9.17) is 0 Å². The quantitative estimate of drug-likeness (QED) is 0.457. The second-order valence-corrected chi connectivity index (χ2v) is 7.48. The van der Waals surface area contributed by atoms with Crippen molar-refractivity contribution >= 4 is 21.8 Å². The molecule has 0 amide bonds. The molecule has 8 heteroatoms. The summed E-state index contributed by atoms with van der Waals surface area (Å²) < 4.78 is 2.03. The number of hydrogen-bond acceptors (Lipinski definition) is 5. The molecule has 0 aromatic carbocycles. The molecule has 0 aliphatic rings. The molecule has 31 heavy (non-hydrogen) atoms. The number of aryl methyl sites for hydroxylation is 1. The molecule has 0 radical (unpaired) electrons. The Bertz CT molecular complexity index is 1560. The highest BCUT2D eigenvalue weighted by Crippen LogP contribution is 2.33. The Hall–Kier alpha value is -4.33. The van der Waals surface area contributed by atoms with Gasteiger partial charge in [-0.15, -0.1) is 0 Å². The molecule has 6 aromatic heterocycles. The van der Waals surface area contributed by atoms with Crippen LogP contribution in [0.1, 0.15) is 5.82 Å². The molecule has 0 aliphatic carbocycles. The molecule has 0 saturated carbocycles. The third-order valence-electron chi connectivity index (χ3n) is 5.67. The number of imidazole rings is 1. The van der Waals surface area contributed by atoms with Crippen LogP contribution in [0.25, 0.3) is 55.8 Å². The summed E-state index contributed by atoms with van der Waals surface area (Å²) in [6, 6.07) is 10.0. The molecular weight excluding hydrogens is 388 g/mol. The molecule has 0 bridgehead atoms. The smallest absolute Gasteiger partial charge is 0.116 e. The van der Waals surface area contributed by atoms with Crippen molar-refractivity contribution in [3.63, 3.8) is 0 Å². The van der Waals surface area contributed by atoms with E-state index in [9.17, 15) is 0 Å². The SMILES string of the molecule is Cc1ncc(-c2cc3c(-c4cc5c(-c6ccccn6)cncc5[nH]4)n[nH]c3cn2)n1C. The van der Waals surface area contributed by atoms with Gasteiger partial charge in [0.05, 0.1) is 52.4 Å². The molecule has 0 fully saturated rings. The Morgan fingerprint density at radius 2 is 1.81 bits per heavy atom. The van der Waals surface area contributed by atoms with Gasteiger partial charge in [0.1, 0.15) is 11.5 Å². The summed E-state index contributed by atoms with van der Waals surface area (Å²) in [4.78, 5) is 21.3. The number of pyridine rings is 3. The largest absolute Gasteiger partial charge is 0.352 e. The molecule has 0 spiro atoms. The van der Waals surface area contributed by atoms with Crippen molar-refractivity contribution < 1.29 is 0 Å². The van der Waals surface area contributed by atoms with Gasteiger partial charge in [-0.25, -0.2) is 4.98 Å². The van der Waals surface area contributed by atoms with Crippen LogP contribution in [-0.2, 0) is 7.05 Å². The summed E-state index contributed by atoms with van der Waals surface area (Å²) in [6.07, 6.45) is 9.12. The molecule has 6 heterocycles. The van der Waals surface area contributed by atoms with Crippen LogP contribution >= 0.6 is 0 Å². The zero-order valence-corrected chi connectivity index (χ0v) is 17.0. The average molecular weight is 406 g/mol. The molecule has 6 rings (SSSR count). The van der Waals surface area contributed by atoms with Crippen LogP contribution in [-0.4, -0.2) is 39.7 Å². The lowest BCUT2D eigenvalue weighted by Crippen LogP contribution is -1.95. The second-order valence-electron chi connectivity index (χ2n) is 7.48. The van der Waals surface area contributed by atoms with E-state index < -0.39 is 0 Å². The van der Waals surface area contributed by atoms with Crippen molar-refractivity contribution in [3.05, 3.63) is 67.1 Å². The predicted molar refractivity (Wildman–Crippen MR) is 119 cm³/mol. The first-order valence-electron chi connectivity index (χ1n) is 9.90. The number of nitrogens with zero attached hydrogens (tertiary/aromatic N) is 6. The number of hydrogen-bond donors (Lipinski definition) is 2. The third-order valence-corrected chi connectivity index (χ3v) is 5.67. The second kappa shape index (κ2) is 6.60. The molecule has 2 N–H and O–H groups in total. The van der Waals surface area contributed by atoms with Gasteiger partial charge in [0.25, 0.3) is 0 Å². The first kappa shape index (κ1) is 17.5. The Kier molecular flexibility index (Phi) is 3.73. The van der Waals surface area contributed by atoms with Gasteiger partial charge in [0, 0.05) is 35.8 Å². The fourth-order valence-corrected chi connectivity index (χ4v) is 3.91. The Labute approximate surface area is 177 Å². The van der Waals surface area contributed by atoms with E-state index in [1.54, 1.807) is 6.20 Å². The lowest BCUT2D eigenvalue weighted by molar-refractivity contribution is 0.862. The van der Waals surface area contributed by atoms with Gasteiger partial charge >= 0.3 is 0 Å². The van der Waals surface area contributed by atoms with Crippen LogP contribution in [0, 0.1) is 6.92 Å². The van der Waals surface area contributed by atoms with Crippen molar-refractivity contribution in [2.24, 2.45) is 7.05 Å². The molecule has 150 valence electrons. The average Bonchev–Trinajstić information content (AvgIpc) is 3.50. The highest BCUT2D eigenvalue weighted by molar-refractivity contribution is 6.00. The minimum Gasteiger partial charge on any atom is -0.352 e. The predicted octanol–water partition coefficient (Wildman–Crippen LogP) is 4.27. The lowest BCUT2D eigenvalue weighted by atomic mass is 10.1. The standard InChI is InChI=1S/C23H18N8/c1-13-26-12-22(31(13)2)18-8-15-21(11-27-18)29-30-23(15)19-7-14-16(9-24-10-20(14)28-19)17-5-3-4-6-25-17/h3-12,28H,1-2H3,(H,29,30). The fourth-order valence-electron chi connectivity index (χ4n) is 3.91. The lowest BCUT2D eigenvalue weighted by Gasteiger charge is -2.03. The number of aromatic amines is 2. The summed E-state index contributed by atoms with van der Waals surface area (Å²) in [5, 5.41) is 9.70. The van der Waals surface area contributed by atoms with Crippen LogP contribution in [0.2, 0.25) is 0 Å². The topological polar surface area (TPSA) is 101 Å². The highest BCUT2D eigenvalue weighted by atomic mass is 15.1. The first-order valence-corrected chi connectivity index (χ1v) is 9.90. The van der Waals surface area contributed by atoms with Crippen molar-refractivity contribution in [1.82, 2.24) is 39.7 Å². The molecular formula is C23H18N8. The van der Waals surface area contributed by atoms with Crippen LogP contribution in [0.4, 0.5) is 0 Å². The number of aromatic nitrogens is 8. The number of rotatable bonds is 3. The van der Waals surface area contributed by atoms with E-state index in [0.29, 0.717) is 0 Å². The van der Waals surface area contributed by atoms with Gasteiger partial charge in [-0.3, -0.25) is 20.1 Å². The van der Waals surface area contributed by atoms with Gasteiger partial charge in [-0.1, -0.05) is 6.07 Å². The first-order chi connectivity index (χ1) is 15.2. The molecule has 6 aromatic rings. The van der Waals surface area contributed by atoms with Crippen LogP contribution in [0.5, 0.6) is 0 Å². The van der Waals surface area contributed by atoms with E-state index in [2.05, 4.69) is 41.2 Å². The fraction of sp³-hybridized carbons (Fsp3) is 0.0870. The Balaban J connectivity index is 1.52. The Morgan fingerprint density at radius 3 is 2.61 bits per heavy atom. The number of nitrogens with one attached hydrogen (secondary N) is 2. The summed E-state index contributed by atoms with van der Waals surface area (Å²) in [5.41, 5.74) is 7.23. The normalized spacial score (nSPS) is 11.5. The van der Waals surface area contributed by atoms with E-state index in [1.807, 2.05) is 67.6 Å². The third kappa shape index (κ3) is 2.72. The molecule has 0 aliphatic heterocycles. The van der Waals surface area contributed by atoms with Gasteiger partial charge in [0.15, 0.2) is 0 Å².